The van der Waals surface area contributed by atoms with Crippen LogP contribution in [-0.4, -0.2) is 8.42 Å². The van der Waals surface area contributed by atoms with Gasteiger partial charge in [-0.1, -0.05) is 0 Å². The number of nitrogens with one attached hydrogen (secondary N) is 1. The molecule has 0 fully saturated rings. The Hall–Kier alpha value is -1.61. The lowest BCUT2D eigenvalue weighted by atomic mass is 10.3. The fourth-order valence-corrected chi connectivity index (χ4v) is 3.81. The van der Waals surface area contributed by atoms with Gasteiger partial charge in [0.25, 0.3) is 10.0 Å². The summed E-state index contributed by atoms with van der Waals surface area (Å²) >= 11 is 2.73. The topological polar surface area (TPSA) is 46.2 Å². The standard InChI is InChI=1S/C12H6BrF4NO2S/c13-10-4-8(16)5-11(17)12(10)21(19,20)18-9-2-6(14)1-7(15)3-9/h1-5,18H. The maximum absolute atomic E-state index is 13.6. The van der Waals surface area contributed by atoms with E-state index in [4.69, 9.17) is 0 Å². The fourth-order valence-electron chi connectivity index (χ4n) is 1.60. The molecule has 0 aliphatic rings. The highest BCUT2D eigenvalue weighted by Crippen LogP contribution is 2.28. The Kier molecular flexibility index (Phi) is 4.24. The number of benzene rings is 2. The molecule has 2 aromatic carbocycles. The van der Waals surface area contributed by atoms with E-state index in [9.17, 15) is 26.0 Å². The predicted octanol–water partition coefficient (Wildman–Crippen LogP) is 3.81. The molecule has 0 aliphatic carbocycles. The van der Waals surface area contributed by atoms with Crippen molar-refractivity contribution < 1.29 is 26.0 Å². The second-order valence-corrected chi connectivity index (χ2v) is 6.44. The average Bonchev–Trinajstić information content (AvgIpc) is 2.23. The van der Waals surface area contributed by atoms with Gasteiger partial charge in [0.15, 0.2) is 0 Å². The van der Waals surface area contributed by atoms with E-state index in [1.807, 2.05) is 4.72 Å². The van der Waals surface area contributed by atoms with Crippen LogP contribution in [0.1, 0.15) is 0 Å². The molecule has 0 radical (unpaired) electrons. The van der Waals surface area contributed by atoms with E-state index in [0.717, 1.165) is 18.2 Å². The molecular formula is C12H6BrF4NO2S. The van der Waals surface area contributed by atoms with Crippen molar-refractivity contribution in [3.8, 4) is 0 Å². The minimum Gasteiger partial charge on any atom is -0.279 e. The Balaban J connectivity index is 2.48. The largest absolute Gasteiger partial charge is 0.279 e. The Morgan fingerprint density at radius 2 is 1.38 bits per heavy atom. The third kappa shape index (κ3) is 3.53. The van der Waals surface area contributed by atoms with Crippen molar-refractivity contribution in [2.75, 3.05) is 4.72 Å². The van der Waals surface area contributed by atoms with Gasteiger partial charge in [-0.2, -0.15) is 0 Å². The number of hydrogen-bond acceptors (Lipinski definition) is 2. The molecule has 112 valence electrons. The van der Waals surface area contributed by atoms with Gasteiger partial charge in [-0.25, -0.2) is 26.0 Å². The number of anilines is 1. The maximum atomic E-state index is 13.6. The Labute approximate surface area is 125 Å². The number of halogens is 5. The summed E-state index contributed by atoms with van der Waals surface area (Å²) in [6.07, 6.45) is 0. The van der Waals surface area contributed by atoms with Gasteiger partial charge in [0.2, 0.25) is 0 Å². The molecule has 21 heavy (non-hydrogen) atoms. The second-order valence-electron chi connectivity index (χ2n) is 3.96. The van der Waals surface area contributed by atoms with Crippen molar-refractivity contribution in [3.63, 3.8) is 0 Å². The zero-order valence-electron chi connectivity index (χ0n) is 10.0. The van der Waals surface area contributed by atoms with Gasteiger partial charge in [-0.05, 0) is 34.1 Å². The van der Waals surface area contributed by atoms with E-state index >= 15 is 0 Å². The van der Waals surface area contributed by atoms with Crippen LogP contribution in [0, 0.1) is 23.3 Å². The van der Waals surface area contributed by atoms with Crippen LogP contribution in [0.15, 0.2) is 39.7 Å². The van der Waals surface area contributed by atoms with Crippen LogP contribution >= 0.6 is 15.9 Å². The molecule has 9 heteroatoms. The highest BCUT2D eigenvalue weighted by Gasteiger charge is 2.24. The monoisotopic (exact) mass is 383 g/mol. The normalized spacial score (nSPS) is 11.5. The van der Waals surface area contributed by atoms with Crippen molar-refractivity contribution in [2.45, 2.75) is 4.90 Å². The lowest BCUT2D eigenvalue weighted by Gasteiger charge is -2.11. The highest BCUT2D eigenvalue weighted by molar-refractivity contribution is 9.10. The molecule has 0 unspecified atom stereocenters. The maximum Gasteiger partial charge on any atom is 0.265 e. The highest BCUT2D eigenvalue weighted by atomic mass is 79.9. The van der Waals surface area contributed by atoms with Crippen molar-refractivity contribution in [3.05, 3.63) is 58.1 Å². The van der Waals surface area contributed by atoms with Crippen LogP contribution < -0.4 is 4.72 Å². The van der Waals surface area contributed by atoms with Gasteiger partial charge in [0.05, 0.1) is 5.69 Å². The van der Waals surface area contributed by atoms with Crippen LogP contribution in [0.5, 0.6) is 0 Å². The van der Waals surface area contributed by atoms with Gasteiger partial charge in [-0.3, -0.25) is 4.72 Å². The van der Waals surface area contributed by atoms with E-state index in [-0.39, 0.29) is 4.47 Å². The summed E-state index contributed by atoms with van der Waals surface area (Å²) in [7, 11) is -4.50. The molecule has 0 atom stereocenters. The Bertz CT molecular complexity index is 768. The van der Waals surface area contributed by atoms with Gasteiger partial charge in [-0.15, -0.1) is 0 Å². The molecule has 0 heterocycles. The summed E-state index contributed by atoms with van der Waals surface area (Å²) in [5.41, 5.74) is -0.428. The molecule has 1 N–H and O–H groups in total. The zero-order chi connectivity index (χ0) is 15.8. The van der Waals surface area contributed by atoms with E-state index < -0.39 is 43.9 Å². The number of rotatable bonds is 3. The lowest BCUT2D eigenvalue weighted by molar-refractivity contribution is 0.548. The van der Waals surface area contributed by atoms with Gasteiger partial charge in [0.1, 0.15) is 28.2 Å². The van der Waals surface area contributed by atoms with E-state index in [2.05, 4.69) is 15.9 Å². The average molecular weight is 384 g/mol. The predicted molar refractivity (Wildman–Crippen MR) is 71.2 cm³/mol. The van der Waals surface area contributed by atoms with Crippen molar-refractivity contribution in [1.82, 2.24) is 0 Å². The molecule has 0 aliphatic heterocycles. The van der Waals surface area contributed by atoms with Crippen molar-refractivity contribution in [1.29, 1.82) is 0 Å². The van der Waals surface area contributed by atoms with Crippen LogP contribution in [0.2, 0.25) is 0 Å². The first-order valence-corrected chi connectivity index (χ1v) is 7.60. The van der Waals surface area contributed by atoms with E-state index in [0.29, 0.717) is 12.1 Å². The third-order valence-electron chi connectivity index (χ3n) is 2.35. The number of hydrogen-bond donors (Lipinski definition) is 1. The summed E-state index contributed by atoms with van der Waals surface area (Å²) in [5.74, 6) is -4.33. The first kappa shape index (κ1) is 15.8. The fraction of sp³-hybridized carbons (Fsp3) is 0. The van der Waals surface area contributed by atoms with Gasteiger partial charge >= 0.3 is 0 Å². The van der Waals surface area contributed by atoms with Crippen LogP contribution in [0.25, 0.3) is 0 Å². The minimum atomic E-state index is -4.50. The zero-order valence-corrected chi connectivity index (χ0v) is 12.4. The Morgan fingerprint density at radius 3 is 1.90 bits per heavy atom. The quantitative estimate of drug-likeness (QED) is 0.819. The van der Waals surface area contributed by atoms with Gasteiger partial charge < -0.3 is 0 Å². The summed E-state index contributed by atoms with van der Waals surface area (Å²) in [6.45, 7) is 0. The van der Waals surface area contributed by atoms with E-state index in [1.54, 1.807) is 0 Å². The molecule has 0 amide bonds. The van der Waals surface area contributed by atoms with Crippen LogP contribution in [0.3, 0.4) is 0 Å². The molecule has 2 aromatic rings. The lowest BCUT2D eigenvalue weighted by Crippen LogP contribution is -2.16. The SMILES string of the molecule is O=S(=O)(Nc1cc(F)cc(F)c1)c1c(F)cc(F)cc1Br. The van der Waals surface area contributed by atoms with Gasteiger partial charge in [0, 0.05) is 16.6 Å². The first-order chi connectivity index (χ1) is 9.69. The summed E-state index contributed by atoms with van der Waals surface area (Å²) in [6, 6.07) is 3.12. The molecule has 0 aromatic heterocycles. The number of sulfonamides is 1. The first-order valence-electron chi connectivity index (χ1n) is 5.32. The molecule has 0 spiro atoms. The van der Waals surface area contributed by atoms with Crippen molar-refractivity contribution in [2.24, 2.45) is 0 Å². The molecule has 3 nitrogen and oxygen atoms in total. The van der Waals surface area contributed by atoms with Crippen molar-refractivity contribution >= 4 is 31.6 Å². The molecular weight excluding hydrogens is 378 g/mol. The third-order valence-corrected chi connectivity index (χ3v) is 4.69. The summed E-state index contributed by atoms with van der Waals surface area (Å²) in [5, 5.41) is 0. The van der Waals surface area contributed by atoms with Crippen LogP contribution in [0.4, 0.5) is 23.2 Å². The molecule has 0 bridgehead atoms. The Morgan fingerprint density at radius 1 is 0.857 bits per heavy atom. The smallest absolute Gasteiger partial charge is 0.265 e. The van der Waals surface area contributed by atoms with Crippen LogP contribution in [-0.2, 0) is 10.0 Å². The minimum absolute atomic E-state index is 0.357. The molecule has 2 rings (SSSR count). The summed E-state index contributed by atoms with van der Waals surface area (Å²) in [4.78, 5) is -0.867. The summed E-state index contributed by atoms with van der Waals surface area (Å²) < 4.78 is 78.1. The second kappa shape index (κ2) is 5.64. The molecule has 0 saturated carbocycles. The van der Waals surface area contributed by atoms with E-state index in [1.165, 1.54) is 0 Å². The molecule has 0 saturated heterocycles.